The molecule has 0 radical (unpaired) electrons. The standard InChI is InChI=1S/C2H2ClNO2S/c3-2-1-6-7(5)4-2/h1H2. The molecular weight excluding hydrogens is 138 g/mol. The monoisotopic (exact) mass is 139 g/mol. The molecular formula is C2H2ClNO2S. The Bertz CT molecular complexity index is 134. The van der Waals surface area contributed by atoms with Crippen molar-refractivity contribution in [1.29, 1.82) is 0 Å². The van der Waals surface area contributed by atoms with Crippen LogP contribution in [0, 0.1) is 0 Å². The molecule has 0 spiro atoms. The van der Waals surface area contributed by atoms with Crippen molar-refractivity contribution in [2.75, 3.05) is 6.61 Å². The van der Waals surface area contributed by atoms with Crippen LogP contribution in [0.15, 0.2) is 4.40 Å². The maximum Gasteiger partial charge on any atom is 0.286 e. The minimum Gasteiger partial charge on any atom is -0.265 e. The minimum atomic E-state index is -1.50. The van der Waals surface area contributed by atoms with Crippen LogP contribution in [-0.4, -0.2) is 16.0 Å². The van der Waals surface area contributed by atoms with E-state index < -0.39 is 11.3 Å². The largest absolute Gasteiger partial charge is 0.286 e. The van der Waals surface area contributed by atoms with Gasteiger partial charge in [-0.2, -0.15) is 4.40 Å². The highest BCUT2D eigenvalue weighted by Gasteiger charge is 2.09. The zero-order valence-corrected chi connectivity index (χ0v) is 4.83. The Morgan fingerprint density at radius 1 is 2.00 bits per heavy atom. The molecule has 1 aliphatic heterocycles. The lowest BCUT2D eigenvalue weighted by Crippen LogP contribution is -1.88. The van der Waals surface area contributed by atoms with E-state index in [0.29, 0.717) is 0 Å². The van der Waals surface area contributed by atoms with E-state index in [9.17, 15) is 4.21 Å². The molecule has 1 heterocycles. The van der Waals surface area contributed by atoms with Gasteiger partial charge in [-0.25, -0.2) is 4.21 Å². The van der Waals surface area contributed by atoms with Crippen molar-refractivity contribution in [3.8, 4) is 0 Å². The van der Waals surface area contributed by atoms with Crippen LogP contribution in [0.25, 0.3) is 0 Å². The van der Waals surface area contributed by atoms with Crippen LogP contribution in [0.2, 0.25) is 0 Å². The smallest absolute Gasteiger partial charge is 0.265 e. The molecule has 5 heteroatoms. The second-order valence-electron chi connectivity index (χ2n) is 0.947. The lowest BCUT2D eigenvalue weighted by atomic mass is 10.8. The molecule has 0 N–H and O–H groups in total. The molecule has 0 aromatic rings. The molecule has 0 amide bonds. The average Bonchev–Trinajstić information content (AvgIpc) is 1.87. The van der Waals surface area contributed by atoms with E-state index in [2.05, 4.69) is 8.58 Å². The van der Waals surface area contributed by atoms with Crippen molar-refractivity contribution in [2.24, 2.45) is 4.40 Å². The second kappa shape index (κ2) is 1.90. The quantitative estimate of drug-likeness (QED) is 0.482. The molecule has 0 bridgehead atoms. The molecule has 1 rings (SSSR count). The number of nitrogens with zero attached hydrogens (tertiary/aromatic N) is 1. The maximum atomic E-state index is 10.1. The van der Waals surface area contributed by atoms with Gasteiger partial charge >= 0.3 is 0 Å². The Kier molecular flexibility index (Phi) is 1.41. The predicted molar refractivity (Wildman–Crippen MR) is 27.4 cm³/mol. The van der Waals surface area contributed by atoms with Crippen LogP contribution in [0.3, 0.4) is 0 Å². The summed E-state index contributed by atoms with van der Waals surface area (Å²) in [5.74, 6) is 0. The van der Waals surface area contributed by atoms with Gasteiger partial charge in [-0.05, 0) is 0 Å². The second-order valence-corrected chi connectivity index (χ2v) is 2.24. The van der Waals surface area contributed by atoms with Crippen LogP contribution < -0.4 is 0 Å². The van der Waals surface area contributed by atoms with Gasteiger partial charge in [-0.15, -0.1) is 0 Å². The summed E-state index contributed by atoms with van der Waals surface area (Å²) >= 11 is 3.74. The van der Waals surface area contributed by atoms with Crippen LogP contribution in [0.4, 0.5) is 0 Å². The van der Waals surface area contributed by atoms with E-state index in [4.69, 9.17) is 11.6 Å². The lowest BCUT2D eigenvalue weighted by Gasteiger charge is -1.76. The molecule has 7 heavy (non-hydrogen) atoms. The Balaban J connectivity index is 2.67. The summed E-state index contributed by atoms with van der Waals surface area (Å²) in [7, 11) is 0. The van der Waals surface area contributed by atoms with Gasteiger partial charge in [0.25, 0.3) is 11.3 Å². The Labute approximate surface area is 48.1 Å². The van der Waals surface area contributed by atoms with E-state index in [1.165, 1.54) is 0 Å². The van der Waals surface area contributed by atoms with Crippen molar-refractivity contribution in [3.63, 3.8) is 0 Å². The van der Waals surface area contributed by atoms with Crippen molar-refractivity contribution >= 4 is 28.0 Å². The number of hydrogen-bond donors (Lipinski definition) is 0. The minimum absolute atomic E-state index is 0.189. The molecule has 1 aliphatic rings. The third kappa shape index (κ3) is 1.22. The predicted octanol–water partition coefficient (Wildman–Crippen LogP) is 0.233. The van der Waals surface area contributed by atoms with Gasteiger partial charge in [-0.3, -0.25) is 4.18 Å². The number of halogens is 1. The summed E-state index contributed by atoms with van der Waals surface area (Å²) in [6.45, 7) is 0.189. The molecule has 3 nitrogen and oxygen atoms in total. The Hall–Kier alpha value is 0.0700. The van der Waals surface area contributed by atoms with Crippen LogP contribution in [0.1, 0.15) is 0 Å². The molecule has 0 aromatic carbocycles. The van der Waals surface area contributed by atoms with Gasteiger partial charge in [0.1, 0.15) is 11.8 Å². The molecule has 40 valence electrons. The van der Waals surface area contributed by atoms with E-state index in [-0.39, 0.29) is 11.8 Å². The SMILES string of the molecule is O=S1N=C(Cl)CO1. The zero-order chi connectivity index (χ0) is 5.28. The molecule has 1 unspecified atom stereocenters. The number of hydrogen-bond acceptors (Lipinski definition) is 2. The first-order valence-corrected chi connectivity index (χ1v) is 2.98. The van der Waals surface area contributed by atoms with Gasteiger partial charge in [0.05, 0.1) is 0 Å². The highest BCUT2D eigenvalue weighted by molar-refractivity contribution is 7.79. The fraction of sp³-hybridized carbons (Fsp3) is 0.500. The summed E-state index contributed by atoms with van der Waals surface area (Å²) < 4.78 is 17.8. The fourth-order valence-corrected chi connectivity index (χ4v) is 1.00. The van der Waals surface area contributed by atoms with Gasteiger partial charge in [0, 0.05) is 0 Å². The molecule has 1 atom stereocenters. The summed E-state index contributed by atoms with van der Waals surface area (Å²) in [6, 6.07) is 0. The fourth-order valence-electron chi connectivity index (χ4n) is 0.233. The van der Waals surface area contributed by atoms with E-state index >= 15 is 0 Å². The average molecular weight is 140 g/mol. The highest BCUT2D eigenvalue weighted by atomic mass is 35.5. The van der Waals surface area contributed by atoms with Crippen molar-refractivity contribution in [1.82, 2.24) is 0 Å². The summed E-state index contributed by atoms with van der Waals surface area (Å²) in [5, 5.41) is 0.276. The van der Waals surface area contributed by atoms with Gasteiger partial charge < -0.3 is 0 Å². The molecule has 0 saturated heterocycles. The van der Waals surface area contributed by atoms with E-state index in [0.717, 1.165) is 0 Å². The first-order chi connectivity index (χ1) is 3.29. The van der Waals surface area contributed by atoms with Gasteiger partial charge in [0.2, 0.25) is 0 Å². The van der Waals surface area contributed by atoms with Crippen LogP contribution in [0.5, 0.6) is 0 Å². The molecule has 0 aromatic heterocycles. The van der Waals surface area contributed by atoms with Crippen LogP contribution in [-0.2, 0) is 15.4 Å². The topological polar surface area (TPSA) is 38.7 Å². The zero-order valence-electron chi connectivity index (χ0n) is 3.26. The van der Waals surface area contributed by atoms with E-state index in [1.54, 1.807) is 0 Å². The Morgan fingerprint density at radius 3 is 2.86 bits per heavy atom. The van der Waals surface area contributed by atoms with E-state index in [1.807, 2.05) is 0 Å². The normalized spacial score (nSPS) is 30.4. The molecule has 0 saturated carbocycles. The van der Waals surface area contributed by atoms with Gasteiger partial charge in [-0.1, -0.05) is 11.6 Å². The molecule has 0 aliphatic carbocycles. The van der Waals surface area contributed by atoms with Crippen molar-refractivity contribution < 1.29 is 8.39 Å². The number of rotatable bonds is 0. The molecule has 0 fully saturated rings. The third-order valence-corrected chi connectivity index (χ3v) is 1.44. The first-order valence-electron chi connectivity index (χ1n) is 1.57. The van der Waals surface area contributed by atoms with Crippen molar-refractivity contribution in [2.45, 2.75) is 0 Å². The summed E-state index contributed by atoms with van der Waals surface area (Å²) in [6.07, 6.45) is 0. The first kappa shape index (κ1) is 5.21. The van der Waals surface area contributed by atoms with Gasteiger partial charge in [0.15, 0.2) is 0 Å². The summed E-state index contributed by atoms with van der Waals surface area (Å²) in [5.41, 5.74) is 0. The summed E-state index contributed by atoms with van der Waals surface area (Å²) in [4.78, 5) is 0. The van der Waals surface area contributed by atoms with Crippen LogP contribution >= 0.6 is 11.6 Å². The third-order valence-electron chi connectivity index (χ3n) is 0.452. The van der Waals surface area contributed by atoms with Crippen molar-refractivity contribution in [3.05, 3.63) is 0 Å². The maximum absolute atomic E-state index is 10.1. The highest BCUT2D eigenvalue weighted by Crippen LogP contribution is 2.02. The lowest BCUT2D eigenvalue weighted by molar-refractivity contribution is 0.423. The Morgan fingerprint density at radius 2 is 2.71 bits per heavy atom.